The average molecular weight is 575 g/mol. The molecule has 40 heavy (non-hydrogen) atoms. The molecule has 220 valence electrons. The van der Waals surface area contributed by atoms with Crippen LogP contribution in [-0.4, -0.2) is 51.2 Å². The minimum Gasteiger partial charge on any atom is -0.497 e. The fraction of sp³-hybridized carbons (Fsp3) is 0.516. The van der Waals surface area contributed by atoms with Crippen LogP contribution in [0.5, 0.6) is 5.75 Å². The lowest BCUT2D eigenvalue weighted by Gasteiger charge is -2.38. The molecule has 1 aliphatic carbocycles. The summed E-state index contributed by atoms with van der Waals surface area (Å²) in [4.78, 5) is 35.9. The Labute approximate surface area is 238 Å². The zero-order chi connectivity index (χ0) is 30.3. The summed E-state index contributed by atoms with van der Waals surface area (Å²) in [6, 6.07) is 6.25. The van der Waals surface area contributed by atoms with Crippen molar-refractivity contribution in [1.82, 2.24) is 0 Å². The van der Waals surface area contributed by atoms with E-state index in [0.717, 1.165) is 5.57 Å². The Morgan fingerprint density at radius 2 is 1.62 bits per heavy atom. The molecule has 9 heteroatoms. The number of allylic oxidation sites excluding steroid dienone is 2. The van der Waals surface area contributed by atoms with E-state index >= 15 is 0 Å². The van der Waals surface area contributed by atoms with Gasteiger partial charge in [-0.05, 0) is 86.6 Å². The van der Waals surface area contributed by atoms with E-state index in [1.54, 1.807) is 38.1 Å². The third-order valence-electron chi connectivity index (χ3n) is 7.15. The highest BCUT2D eigenvalue weighted by atomic mass is 32.2. The summed E-state index contributed by atoms with van der Waals surface area (Å²) in [5.41, 5.74) is 2.15. The summed E-state index contributed by atoms with van der Waals surface area (Å²) < 4.78 is 44.0. The van der Waals surface area contributed by atoms with Crippen molar-refractivity contribution in [3.63, 3.8) is 0 Å². The van der Waals surface area contributed by atoms with Crippen LogP contribution in [0.1, 0.15) is 74.1 Å². The second-order valence-corrected chi connectivity index (χ2v) is 13.1. The van der Waals surface area contributed by atoms with Crippen molar-refractivity contribution in [3.8, 4) is 5.75 Å². The number of methoxy groups -OCH3 is 1. The number of ketones is 1. The summed E-state index contributed by atoms with van der Waals surface area (Å²) in [5.74, 6) is -0.371. The summed E-state index contributed by atoms with van der Waals surface area (Å²) in [7, 11) is -2.41. The van der Waals surface area contributed by atoms with Crippen molar-refractivity contribution < 1.29 is 37.0 Å². The highest BCUT2D eigenvalue weighted by Crippen LogP contribution is 2.45. The molecular formula is C31H42O8S. The number of hydrogen-bond acceptors (Lipinski definition) is 8. The molecule has 0 N–H and O–H groups in total. The van der Waals surface area contributed by atoms with Crippen LogP contribution >= 0.6 is 0 Å². The lowest BCUT2D eigenvalue weighted by Crippen LogP contribution is -2.37. The number of carbonyl (C=O) groups excluding carboxylic acids is 3. The number of rotatable bonds is 12. The zero-order valence-electron chi connectivity index (χ0n) is 24.8. The molecule has 0 heterocycles. The molecule has 0 saturated heterocycles. The molecule has 0 bridgehead atoms. The molecule has 0 saturated carbocycles. The van der Waals surface area contributed by atoms with Crippen molar-refractivity contribution in [1.29, 1.82) is 0 Å². The summed E-state index contributed by atoms with van der Waals surface area (Å²) >= 11 is 0. The zero-order valence-corrected chi connectivity index (χ0v) is 25.6. The van der Waals surface area contributed by atoms with Gasteiger partial charge in [-0.3, -0.25) is 14.4 Å². The number of ether oxygens (including phenoxy) is 3. The maximum Gasteiger partial charge on any atom is 0.303 e. The van der Waals surface area contributed by atoms with Gasteiger partial charge in [0.15, 0.2) is 15.6 Å². The van der Waals surface area contributed by atoms with E-state index in [0.29, 0.717) is 41.7 Å². The van der Waals surface area contributed by atoms with Crippen LogP contribution in [0.4, 0.5) is 0 Å². The van der Waals surface area contributed by atoms with Crippen LogP contribution < -0.4 is 4.74 Å². The van der Waals surface area contributed by atoms with E-state index in [9.17, 15) is 22.8 Å². The van der Waals surface area contributed by atoms with E-state index in [1.807, 2.05) is 20.8 Å². The summed E-state index contributed by atoms with van der Waals surface area (Å²) in [6.45, 7) is 12.1. The van der Waals surface area contributed by atoms with Crippen LogP contribution in [0.25, 0.3) is 0 Å². The second kappa shape index (κ2) is 13.9. The van der Waals surface area contributed by atoms with Crippen molar-refractivity contribution >= 4 is 27.6 Å². The molecule has 2 atom stereocenters. The molecule has 0 aliphatic heterocycles. The van der Waals surface area contributed by atoms with Gasteiger partial charge in [0.05, 0.1) is 17.3 Å². The minimum atomic E-state index is -3.92. The standard InChI is InChI=1S/C31H42O8S/c1-20(14-16-38-23(4)32)17-26(39-24(5)33)18-21(2)19-29(30-22(3)28(34)13-15-31(30,6)7)40(35,36)27-11-9-25(37-8)10-12-27/h9-12,14,18,26,29H,13,15-17,19H2,1-8H3/b20-14+,21-18+. The quantitative estimate of drug-likeness (QED) is 0.230. The topological polar surface area (TPSA) is 113 Å². The molecule has 8 nitrogen and oxygen atoms in total. The molecular weight excluding hydrogens is 532 g/mol. The Morgan fingerprint density at radius 1 is 1.00 bits per heavy atom. The van der Waals surface area contributed by atoms with Crippen molar-refractivity contribution in [3.05, 3.63) is 58.7 Å². The Kier molecular flexibility index (Phi) is 11.5. The van der Waals surface area contributed by atoms with Gasteiger partial charge < -0.3 is 14.2 Å². The molecule has 0 amide bonds. The van der Waals surface area contributed by atoms with Crippen molar-refractivity contribution in [2.24, 2.45) is 5.41 Å². The van der Waals surface area contributed by atoms with Crippen LogP contribution in [0.15, 0.2) is 63.6 Å². The van der Waals surface area contributed by atoms with Crippen LogP contribution in [0, 0.1) is 5.41 Å². The number of Topliss-reactive ketones (excluding diaryl/α,β-unsaturated/α-hetero) is 1. The first-order chi connectivity index (χ1) is 18.6. The number of benzene rings is 1. The van der Waals surface area contributed by atoms with Crippen molar-refractivity contribution in [2.45, 2.75) is 90.4 Å². The summed E-state index contributed by atoms with van der Waals surface area (Å²) in [5, 5.41) is -0.991. The molecule has 0 spiro atoms. The highest BCUT2D eigenvalue weighted by molar-refractivity contribution is 7.92. The Hall–Kier alpha value is -3.20. The van der Waals surface area contributed by atoms with Gasteiger partial charge in [-0.1, -0.05) is 25.0 Å². The number of esters is 2. The second-order valence-electron chi connectivity index (χ2n) is 11.0. The Bertz CT molecular complexity index is 1300. The Morgan fingerprint density at radius 3 is 2.17 bits per heavy atom. The maximum absolute atomic E-state index is 14.2. The molecule has 0 fully saturated rings. The third-order valence-corrected chi connectivity index (χ3v) is 9.23. The molecule has 2 unspecified atom stereocenters. The monoisotopic (exact) mass is 574 g/mol. The van der Waals surface area contributed by atoms with Gasteiger partial charge in [0.25, 0.3) is 0 Å². The van der Waals surface area contributed by atoms with Gasteiger partial charge in [-0.2, -0.15) is 0 Å². The van der Waals surface area contributed by atoms with E-state index in [2.05, 4.69) is 0 Å². The Balaban J connectivity index is 2.55. The van der Waals surface area contributed by atoms with Gasteiger partial charge in [-0.15, -0.1) is 0 Å². The first-order valence-electron chi connectivity index (χ1n) is 13.3. The van der Waals surface area contributed by atoms with E-state index in [-0.39, 0.29) is 23.7 Å². The molecule has 1 aromatic carbocycles. The third kappa shape index (κ3) is 8.91. The SMILES string of the molecule is COc1ccc(S(=O)(=O)C(C/C(C)=C/C(C/C(C)=C/COC(C)=O)OC(C)=O)C2=C(C)C(=O)CCC2(C)C)cc1. The van der Waals surface area contributed by atoms with Crippen LogP contribution in [0.3, 0.4) is 0 Å². The molecule has 0 aromatic heterocycles. The van der Waals surface area contributed by atoms with Crippen LogP contribution in [-0.2, 0) is 33.7 Å². The van der Waals surface area contributed by atoms with Crippen molar-refractivity contribution in [2.75, 3.05) is 13.7 Å². The number of sulfone groups is 1. The van der Waals surface area contributed by atoms with Gasteiger partial charge in [-0.25, -0.2) is 8.42 Å². The van der Waals surface area contributed by atoms with Crippen LogP contribution in [0.2, 0.25) is 0 Å². The van der Waals surface area contributed by atoms with Gasteiger partial charge in [0, 0.05) is 26.7 Å². The van der Waals surface area contributed by atoms with Gasteiger partial charge >= 0.3 is 11.9 Å². The molecule has 0 radical (unpaired) electrons. The predicted molar refractivity (Wildman–Crippen MR) is 154 cm³/mol. The van der Waals surface area contributed by atoms with Gasteiger partial charge in [0.1, 0.15) is 18.5 Å². The maximum atomic E-state index is 14.2. The summed E-state index contributed by atoms with van der Waals surface area (Å²) in [6.07, 6.45) is 4.24. The average Bonchev–Trinajstić information content (AvgIpc) is 2.85. The predicted octanol–water partition coefficient (Wildman–Crippen LogP) is 5.71. The smallest absolute Gasteiger partial charge is 0.303 e. The van der Waals surface area contributed by atoms with E-state index in [4.69, 9.17) is 14.2 Å². The lowest BCUT2D eigenvalue weighted by atomic mass is 9.70. The normalized spacial score (nSPS) is 17.8. The molecule has 1 aliphatic rings. The highest BCUT2D eigenvalue weighted by Gasteiger charge is 2.42. The first kappa shape index (κ1) is 33.0. The fourth-order valence-electron chi connectivity index (χ4n) is 5.11. The van der Waals surface area contributed by atoms with E-state index < -0.39 is 38.5 Å². The minimum absolute atomic E-state index is 0.0442. The fourth-order valence-corrected chi connectivity index (χ4v) is 7.24. The number of carbonyl (C=O) groups is 3. The largest absolute Gasteiger partial charge is 0.497 e. The van der Waals surface area contributed by atoms with E-state index in [1.165, 1.54) is 33.1 Å². The molecule has 2 rings (SSSR count). The van der Waals surface area contributed by atoms with Gasteiger partial charge in [0.2, 0.25) is 0 Å². The number of hydrogen-bond donors (Lipinski definition) is 0. The first-order valence-corrected chi connectivity index (χ1v) is 14.9. The lowest BCUT2D eigenvalue weighted by molar-refractivity contribution is -0.144. The molecule has 1 aromatic rings.